The van der Waals surface area contributed by atoms with Gasteiger partial charge in [0.1, 0.15) is 6.10 Å². The number of aliphatic carboxylic acids is 1. The molecule has 0 spiro atoms. The van der Waals surface area contributed by atoms with Crippen LogP contribution in [0.15, 0.2) is 29.7 Å². The minimum atomic E-state index is -2.05. The zero-order valence-corrected chi connectivity index (χ0v) is 14.0. The molecule has 0 amide bonds. The Labute approximate surface area is 120 Å². The Morgan fingerprint density at radius 1 is 1.47 bits per heavy atom. The molecule has 0 aliphatic heterocycles. The van der Waals surface area contributed by atoms with E-state index < -0.39 is 20.4 Å². The van der Waals surface area contributed by atoms with Crippen LogP contribution in [0.4, 0.5) is 0 Å². The number of rotatable bonds is 5. The Kier molecular flexibility index (Phi) is 4.76. The van der Waals surface area contributed by atoms with Crippen molar-refractivity contribution in [2.75, 3.05) is 0 Å². The van der Waals surface area contributed by atoms with E-state index in [0.717, 1.165) is 4.88 Å². The molecule has 1 rings (SSSR count). The SMILES string of the molecule is C=C(C(=O)O)C(O[Si](C)(C)C(C)(C)C)c1cccs1. The molecule has 106 valence electrons. The molecule has 0 aliphatic carbocycles. The number of carbonyl (C=O) groups is 1. The van der Waals surface area contributed by atoms with Gasteiger partial charge in [0.2, 0.25) is 0 Å². The molecule has 0 aromatic carbocycles. The van der Waals surface area contributed by atoms with Crippen LogP contribution in [0.1, 0.15) is 31.8 Å². The first kappa shape index (κ1) is 16.1. The van der Waals surface area contributed by atoms with Crippen LogP contribution >= 0.6 is 11.3 Å². The van der Waals surface area contributed by atoms with Gasteiger partial charge in [-0.1, -0.05) is 33.4 Å². The summed E-state index contributed by atoms with van der Waals surface area (Å²) in [4.78, 5) is 12.1. The number of carboxylic acid groups (broad SMARTS) is 1. The first-order chi connectivity index (χ1) is 8.56. The first-order valence-electron chi connectivity index (χ1n) is 6.19. The second-order valence-electron chi connectivity index (χ2n) is 6.10. The zero-order valence-electron chi connectivity index (χ0n) is 12.2. The molecule has 1 aromatic heterocycles. The summed E-state index contributed by atoms with van der Waals surface area (Å²) < 4.78 is 6.24. The quantitative estimate of drug-likeness (QED) is 0.645. The maximum Gasteiger partial charge on any atom is 0.333 e. The van der Waals surface area contributed by atoms with Crippen molar-refractivity contribution in [3.63, 3.8) is 0 Å². The standard InChI is InChI=1S/C14H22O3SSi/c1-10(13(15)16)12(11-8-7-9-18-11)17-19(5,6)14(2,3)4/h7-9,12H,1H2,2-6H3,(H,15,16). The van der Waals surface area contributed by atoms with Gasteiger partial charge in [-0.25, -0.2) is 4.79 Å². The average Bonchev–Trinajstić information content (AvgIpc) is 2.76. The molecule has 19 heavy (non-hydrogen) atoms. The van der Waals surface area contributed by atoms with Crippen molar-refractivity contribution in [1.29, 1.82) is 0 Å². The summed E-state index contributed by atoms with van der Waals surface area (Å²) in [6.07, 6.45) is -0.543. The zero-order chi connectivity index (χ0) is 14.8. The van der Waals surface area contributed by atoms with Crippen LogP contribution in [-0.4, -0.2) is 19.4 Å². The van der Waals surface area contributed by atoms with Crippen LogP contribution in [0.3, 0.4) is 0 Å². The Balaban J connectivity index is 3.07. The molecule has 0 radical (unpaired) electrons. The van der Waals surface area contributed by atoms with Crippen LogP contribution in [-0.2, 0) is 9.22 Å². The van der Waals surface area contributed by atoms with Crippen LogP contribution in [0.5, 0.6) is 0 Å². The molecule has 1 N–H and O–H groups in total. The van der Waals surface area contributed by atoms with Crippen molar-refractivity contribution in [2.45, 2.75) is 45.0 Å². The fourth-order valence-electron chi connectivity index (χ4n) is 1.32. The third-order valence-electron chi connectivity index (χ3n) is 3.61. The third-order valence-corrected chi connectivity index (χ3v) is 8.96. The fourth-order valence-corrected chi connectivity index (χ4v) is 3.41. The smallest absolute Gasteiger partial charge is 0.333 e. The van der Waals surface area contributed by atoms with Crippen molar-refractivity contribution in [2.24, 2.45) is 0 Å². The van der Waals surface area contributed by atoms with E-state index in [0.29, 0.717) is 0 Å². The summed E-state index contributed by atoms with van der Waals surface area (Å²) >= 11 is 1.50. The molecule has 0 saturated heterocycles. The summed E-state index contributed by atoms with van der Waals surface area (Å²) in [7, 11) is -2.05. The highest BCUT2D eigenvalue weighted by atomic mass is 32.1. The lowest BCUT2D eigenvalue weighted by atomic mass is 10.1. The fraction of sp³-hybridized carbons (Fsp3) is 0.500. The molecule has 0 fully saturated rings. The van der Waals surface area contributed by atoms with E-state index in [2.05, 4.69) is 40.4 Å². The molecular weight excluding hydrogens is 276 g/mol. The highest BCUT2D eigenvalue weighted by molar-refractivity contribution is 7.10. The van der Waals surface area contributed by atoms with Crippen molar-refractivity contribution in [3.8, 4) is 0 Å². The second-order valence-corrected chi connectivity index (χ2v) is 11.8. The molecule has 0 saturated carbocycles. The summed E-state index contributed by atoms with van der Waals surface area (Å²) in [6.45, 7) is 14.3. The predicted molar refractivity (Wildman–Crippen MR) is 82.1 cm³/mol. The number of hydrogen-bond donors (Lipinski definition) is 1. The lowest BCUT2D eigenvalue weighted by Crippen LogP contribution is -2.42. The summed E-state index contributed by atoms with van der Waals surface area (Å²) in [5, 5.41) is 11.1. The maximum atomic E-state index is 11.2. The molecular formula is C14H22O3SSi. The molecule has 1 heterocycles. The molecule has 3 nitrogen and oxygen atoms in total. The van der Waals surface area contributed by atoms with Crippen molar-refractivity contribution in [1.82, 2.24) is 0 Å². The van der Waals surface area contributed by atoms with E-state index in [1.807, 2.05) is 17.5 Å². The summed E-state index contributed by atoms with van der Waals surface area (Å²) in [5.41, 5.74) is 0.104. The minimum Gasteiger partial charge on any atom is -0.478 e. The minimum absolute atomic E-state index is 0.0291. The number of thiophene rings is 1. The van der Waals surface area contributed by atoms with Gasteiger partial charge in [-0.2, -0.15) is 0 Å². The van der Waals surface area contributed by atoms with Gasteiger partial charge in [0.05, 0.1) is 5.57 Å². The molecule has 1 atom stereocenters. The molecule has 5 heteroatoms. The van der Waals surface area contributed by atoms with Gasteiger partial charge in [0, 0.05) is 4.88 Å². The van der Waals surface area contributed by atoms with E-state index in [4.69, 9.17) is 4.43 Å². The monoisotopic (exact) mass is 298 g/mol. The van der Waals surface area contributed by atoms with Crippen molar-refractivity contribution >= 4 is 25.6 Å². The summed E-state index contributed by atoms with van der Waals surface area (Å²) in [5.74, 6) is -1.00. The Bertz CT molecular complexity index is 458. The van der Waals surface area contributed by atoms with Gasteiger partial charge in [-0.05, 0) is 29.6 Å². The highest BCUT2D eigenvalue weighted by Crippen LogP contribution is 2.42. The second kappa shape index (κ2) is 5.61. The van der Waals surface area contributed by atoms with Gasteiger partial charge in [0.15, 0.2) is 8.32 Å². The summed E-state index contributed by atoms with van der Waals surface area (Å²) in [6, 6.07) is 3.80. The first-order valence-corrected chi connectivity index (χ1v) is 9.98. The van der Waals surface area contributed by atoms with Crippen LogP contribution < -0.4 is 0 Å². The topological polar surface area (TPSA) is 46.5 Å². The van der Waals surface area contributed by atoms with E-state index in [-0.39, 0.29) is 10.6 Å². The Morgan fingerprint density at radius 2 is 2.05 bits per heavy atom. The Hall–Kier alpha value is -0.913. The van der Waals surface area contributed by atoms with Gasteiger partial charge in [-0.3, -0.25) is 0 Å². The lowest BCUT2D eigenvalue weighted by Gasteiger charge is -2.39. The molecule has 0 aliphatic rings. The van der Waals surface area contributed by atoms with Gasteiger partial charge in [-0.15, -0.1) is 11.3 Å². The van der Waals surface area contributed by atoms with E-state index in [1.165, 1.54) is 11.3 Å². The molecule has 0 bridgehead atoms. The Morgan fingerprint density at radius 3 is 2.42 bits per heavy atom. The lowest BCUT2D eigenvalue weighted by molar-refractivity contribution is -0.133. The van der Waals surface area contributed by atoms with E-state index >= 15 is 0 Å². The van der Waals surface area contributed by atoms with E-state index in [9.17, 15) is 9.90 Å². The predicted octanol–water partition coefficient (Wildman–Crippen LogP) is 4.45. The molecule has 1 unspecified atom stereocenters. The van der Waals surface area contributed by atoms with Crippen molar-refractivity contribution in [3.05, 3.63) is 34.5 Å². The largest absolute Gasteiger partial charge is 0.478 e. The van der Waals surface area contributed by atoms with Crippen molar-refractivity contribution < 1.29 is 14.3 Å². The molecule has 1 aromatic rings. The van der Waals surface area contributed by atoms with Gasteiger partial charge >= 0.3 is 5.97 Å². The van der Waals surface area contributed by atoms with E-state index in [1.54, 1.807) is 0 Å². The number of carboxylic acids is 1. The number of hydrogen-bond acceptors (Lipinski definition) is 3. The van der Waals surface area contributed by atoms with Gasteiger partial charge < -0.3 is 9.53 Å². The maximum absolute atomic E-state index is 11.2. The third kappa shape index (κ3) is 3.78. The highest BCUT2D eigenvalue weighted by Gasteiger charge is 2.41. The van der Waals surface area contributed by atoms with Crippen LogP contribution in [0.25, 0.3) is 0 Å². The normalized spacial score (nSPS) is 14.2. The van der Waals surface area contributed by atoms with Gasteiger partial charge in [0.25, 0.3) is 0 Å². The van der Waals surface area contributed by atoms with Crippen LogP contribution in [0, 0.1) is 0 Å². The van der Waals surface area contributed by atoms with Crippen LogP contribution in [0.2, 0.25) is 18.1 Å². The average molecular weight is 298 g/mol.